The van der Waals surface area contributed by atoms with Crippen LogP contribution in [-0.4, -0.2) is 36.1 Å². The third kappa shape index (κ3) is 4.01. The van der Waals surface area contributed by atoms with Gasteiger partial charge in [0, 0.05) is 13.5 Å². The number of hydrogen-bond acceptors (Lipinski definition) is 5. The number of aromatic nitrogens is 3. The fourth-order valence-corrected chi connectivity index (χ4v) is 2.40. The van der Waals surface area contributed by atoms with E-state index in [2.05, 4.69) is 30.9 Å². The molecule has 0 atom stereocenters. The third-order valence-electron chi connectivity index (χ3n) is 3.44. The lowest BCUT2D eigenvalue weighted by Crippen LogP contribution is -2.25. The highest BCUT2D eigenvalue weighted by Gasteiger charge is 2.21. The van der Waals surface area contributed by atoms with Gasteiger partial charge in [0.2, 0.25) is 0 Å². The summed E-state index contributed by atoms with van der Waals surface area (Å²) in [6, 6.07) is 5.84. The molecule has 0 spiro atoms. The van der Waals surface area contributed by atoms with Gasteiger partial charge in [-0.3, -0.25) is 0 Å². The molecule has 0 radical (unpaired) electrons. The fraction of sp³-hybridized carbons (Fsp3) is 0.529. The normalized spacial score (nSPS) is 11.6. The Balaban J connectivity index is 2.30. The van der Waals surface area contributed by atoms with Gasteiger partial charge in [0.15, 0.2) is 23.1 Å². The number of rotatable bonds is 6. The first-order valence-corrected chi connectivity index (χ1v) is 7.54. The van der Waals surface area contributed by atoms with Gasteiger partial charge in [0.1, 0.15) is 6.61 Å². The van der Waals surface area contributed by atoms with Gasteiger partial charge in [-0.25, -0.2) is 9.67 Å². The van der Waals surface area contributed by atoms with Crippen molar-refractivity contribution in [2.24, 2.45) is 0 Å². The summed E-state index contributed by atoms with van der Waals surface area (Å²) in [5.74, 6) is 3.01. The molecule has 0 saturated carbocycles. The van der Waals surface area contributed by atoms with E-state index < -0.39 is 0 Å². The van der Waals surface area contributed by atoms with Crippen LogP contribution in [0.5, 0.6) is 11.5 Å². The summed E-state index contributed by atoms with van der Waals surface area (Å²) in [5, 5.41) is 4.65. The quantitative estimate of drug-likeness (QED) is 0.819. The van der Waals surface area contributed by atoms with Crippen LogP contribution in [0.15, 0.2) is 18.2 Å². The fourth-order valence-electron chi connectivity index (χ4n) is 2.40. The molecule has 0 saturated heterocycles. The highest BCUT2D eigenvalue weighted by atomic mass is 16.5. The largest absolute Gasteiger partial charge is 0.493 e. The summed E-state index contributed by atoms with van der Waals surface area (Å²) in [5.41, 5.74) is 0.925. The second-order valence-corrected chi connectivity index (χ2v) is 6.33. The second kappa shape index (κ2) is 7.00. The maximum atomic E-state index is 5.35. The predicted molar refractivity (Wildman–Crippen MR) is 88.1 cm³/mol. The second-order valence-electron chi connectivity index (χ2n) is 6.33. The number of nitrogens with zero attached hydrogens (tertiary/aromatic N) is 3. The van der Waals surface area contributed by atoms with E-state index in [4.69, 9.17) is 14.2 Å². The lowest BCUT2D eigenvalue weighted by Gasteiger charge is -2.20. The van der Waals surface area contributed by atoms with Gasteiger partial charge in [0.25, 0.3) is 0 Å². The van der Waals surface area contributed by atoms with Crippen LogP contribution in [0, 0.1) is 0 Å². The van der Waals surface area contributed by atoms with Crippen molar-refractivity contribution < 1.29 is 14.2 Å². The average molecular weight is 319 g/mol. The SMILES string of the molecule is COCc1nc(Cc2ccc(OC)c(OC)c2)nn1C(C)(C)C. The topological polar surface area (TPSA) is 58.4 Å². The van der Waals surface area contributed by atoms with Crippen molar-refractivity contribution in [2.75, 3.05) is 21.3 Å². The first-order chi connectivity index (χ1) is 10.9. The third-order valence-corrected chi connectivity index (χ3v) is 3.44. The minimum absolute atomic E-state index is 0.142. The first-order valence-electron chi connectivity index (χ1n) is 7.54. The summed E-state index contributed by atoms with van der Waals surface area (Å²) in [7, 11) is 4.92. The first kappa shape index (κ1) is 17.3. The Kier molecular flexibility index (Phi) is 5.26. The number of methoxy groups -OCH3 is 3. The molecule has 0 aliphatic carbocycles. The smallest absolute Gasteiger partial charge is 0.161 e. The lowest BCUT2D eigenvalue weighted by atomic mass is 10.1. The van der Waals surface area contributed by atoms with Crippen molar-refractivity contribution in [1.29, 1.82) is 0 Å². The molecule has 126 valence electrons. The van der Waals surface area contributed by atoms with Gasteiger partial charge in [-0.2, -0.15) is 5.10 Å². The molecule has 0 aliphatic rings. The molecule has 0 amide bonds. The summed E-state index contributed by atoms with van der Waals surface area (Å²) in [4.78, 5) is 4.61. The van der Waals surface area contributed by atoms with Crippen LogP contribution in [0.3, 0.4) is 0 Å². The number of ether oxygens (including phenoxy) is 3. The summed E-state index contributed by atoms with van der Waals surface area (Å²) >= 11 is 0. The molecule has 6 heteroatoms. The molecule has 0 aliphatic heterocycles. The van der Waals surface area contributed by atoms with Crippen molar-refractivity contribution in [1.82, 2.24) is 14.8 Å². The van der Waals surface area contributed by atoms with Crippen LogP contribution >= 0.6 is 0 Å². The number of benzene rings is 1. The highest BCUT2D eigenvalue weighted by Crippen LogP contribution is 2.28. The van der Waals surface area contributed by atoms with Crippen LogP contribution < -0.4 is 9.47 Å². The van der Waals surface area contributed by atoms with Gasteiger partial charge in [0.05, 0.1) is 19.8 Å². The molecular formula is C17H25N3O3. The van der Waals surface area contributed by atoms with E-state index in [0.29, 0.717) is 24.5 Å². The molecular weight excluding hydrogens is 294 g/mol. The van der Waals surface area contributed by atoms with Crippen molar-refractivity contribution in [3.63, 3.8) is 0 Å². The van der Waals surface area contributed by atoms with Crippen LogP contribution in [0.4, 0.5) is 0 Å². The summed E-state index contributed by atoms with van der Waals surface area (Å²) in [6.07, 6.45) is 0.625. The maximum Gasteiger partial charge on any atom is 0.161 e. The molecule has 2 aromatic rings. The summed E-state index contributed by atoms with van der Waals surface area (Å²) < 4.78 is 17.8. The number of hydrogen-bond donors (Lipinski definition) is 0. The molecule has 0 N–H and O–H groups in total. The van der Waals surface area contributed by atoms with Crippen molar-refractivity contribution in [3.05, 3.63) is 35.4 Å². The van der Waals surface area contributed by atoms with E-state index in [1.165, 1.54) is 0 Å². The molecule has 6 nitrogen and oxygen atoms in total. The molecule has 0 fully saturated rings. The standard InChI is InChI=1S/C17H25N3O3/c1-17(2,3)20-16(11-21-4)18-15(19-20)10-12-7-8-13(22-5)14(9-12)23-6/h7-9H,10-11H2,1-6H3. The molecule has 1 aromatic carbocycles. The van der Waals surface area contributed by atoms with E-state index in [1.54, 1.807) is 21.3 Å². The van der Waals surface area contributed by atoms with Crippen LogP contribution in [0.25, 0.3) is 0 Å². The van der Waals surface area contributed by atoms with Gasteiger partial charge in [-0.15, -0.1) is 0 Å². The van der Waals surface area contributed by atoms with E-state index in [1.807, 2.05) is 22.9 Å². The molecule has 1 aromatic heterocycles. The van der Waals surface area contributed by atoms with E-state index in [0.717, 1.165) is 17.2 Å². The minimum Gasteiger partial charge on any atom is -0.493 e. The summed E-state index contributed by atoms with van der Waals surface area (Å²) in [6.45, 7) is 6.74. The Morgan fingerprint density at radius 3 is 2.30 bits per heavy atom. The highest BCUT2D eigenvalue weighted by molar-refractivity contribution is 5.43. The molecule has 2 rings (SSSR count). The Morgan fingerprint density at radius 2 is 1.74 bits per heavy atom. The monoisotopic (exact) mass is 319 g/mol. The van der Waals surface area contributed by atoms with E-state index in [-0.39, 0.29) is 5.54 Å². The molecule has 1 heterocycles. The molecule has 23 heavy (non-hydrogen) atoms. The van der Waals surface area contributed by atoms with Gasteiger partial charge < -0.3 is 14.2 Å². The van der Waals surface area contributed by atoms with Crippen molar-refractivity contribution in [3.8, 4) is 11.5 Å². The predicted octanol–water partition coefficient (Wildman–Crippen LogP) is 2.79. The zero-order valence-corrected chi connectivity index (χ0v) is 14.7. The Hall–Kier alpha value is -2.08. The van der Waals surface area contributed by atoms with Crippen LogP contribution in [-0.2, 0) is 23.3 Å². The zero-order chi connectivity index (χ0) is 17.0. The minimum atomic E-state index is -0.142. The van der Waals surface area contributed by atoms with Crippen molar-refractivity contribution in [2.45, 2.75) is 39.3 Å². The Bertz CT molecular complexity index is 660. The van der Waals surface area contributed by atoms with Crippen LogP contribution in [0.2, 0.25) is 0 Å². The zero-order valence-electron chi connectivity index (χ0n) is 14.7. The van der Waals surface area contributed by atoms with Gasteiger partial charge in [-0.1, -0.05) is 6.07 Å². The van der Waals surface area contributed by atoms with Crippen LogP contribution in [0.1, 0.15) is 38.0 Å². The average Bonchev–Trinajstić information content (AvgIpc) is 2.90. The maximum absolute atomic E-state index is 5.35. The molecule has 0 unspecified atom stereocenters. The van der Waals surface area contributed by atoms with Gasteiger partial charge >= 0.3 is 0 Å². The van der Waals surface area contributed by atoms with E-state index in [9.17, 15) is 0 Å². The van der Waals surface area contributed by atoms with Crippen molar-refractivity contribution >= 4 is 0 Å². The van der Waals surface area contributed by atoms with E-state index >= 15 is 0 Å². The van der Waals surface area contributed by atoms with Gasteiger partial charge in [-0.05, 0) is 38.5 Å². The lowest BCUT2D eigenvalue weighted by molar-refractivity contribution is 0.165. The molecule has 0 bridgehead atoms. The Labute approximate surface area is 137 Å². The Morgan fingerprint density at radius 1 is 1.04 bits per heavy atom.